The van der Waals surface area contributed by atoms with Crippen molar-refractivity contribution in [3.8, 4) is 0 Å². The quantitative estimate of drug-likeness (QED) is 0.393. The Balaban J connectivity index is 2.31. The van der Waals surface area contributed by atoms with E-state index < -0.39 is 0 Å². The zero-order valence-corrected chi connectivity index (χ0v) is 12.2. The Morgan fingerprint density at radius 3 is 2.75 bits per heavy atom. The maximum Gasteiger partial charge on any atom is 0.264 e. The number of amides is 1. The van der Waals surface area contributed by atoms with Crippen LogP contribution in [-0.2, 0) is 0 Å². The van der Waals surface area contributed by atoms with Gasteiger partial charge in [-0.25, -0.2) is 0 Å². The summed E-state index contributed by atoms with van der Waals surface area (Å²) in [5.41, 5.74) is 5.51. The maximum atomic E-state index is 12.6. The number of nitrogens with zero attached hydrogens (tertiary/aromatic N) is 2. The van der Waals surface area contributed by atoms with Crippen LogP contribution in [0.3, 0.4) is 0 Å². The molecule has 20 heavy (non-hydrogen) atoms. The van der Waals surface area contributed by atoms with Crippen LogP contribution in [0.15, 0.2) is 35.5 Å². The van der Waals surface area contributed by atoms with Crippen molar-refractivity contribution in [2.75, 3.05) is 6.54 Å². The number of thiophene rings is 1. The van der Waals surface area contributed by atoms with Crippen LogP contribution < -0.4 is 5.73 Å². The summed E-state index contributed by atoms with van der Waals surface area (Å²) in [6.45, 7) is 3.91. The van der Waals surface area contributed by atoms with Crippen molar-refractivity contribution in [1.82, 2.24) is 4.90 Å². The van der Waals surface area contributed by atoms with Gasteiger partial charge in [0.2, 0.25) is 0 Å². The molecule has 0 fully saturated rings. The van der Waals surface area contributed by atoms with Crippen LogP contribution in [0.1, 0.15) is 23.5 Å². The van der Waals surface area contributed by atoms with Crippen molar-refractivity contribution < 1.29 is 10.0 Å². The molecule has 0 aliphatic carbocycles. The Labute approximate surface area is 121 Å². The number of carbonyl (C=O) groups is 1. The fraction of sp³-hybridized carbons (Fsp3) is 0.286. The van der Waals surface area contributed by atoms with Gasteiger partial charge in [-0.2, -0.15) is 0 Å². The van der Waals surface area contributed by atoms with Crippen molar-refractivity contribution in [1.29, 1.82) is 0 Å². The fourth-order valence-corrected chi connectivity index (χ4v) is 2.94. The summed E-state index contributed by atoms with van der Waals surface area (Å²) in [5.74, 6) is -0.0824. The summed E-state index contributed by atoms with van der Waals surface area (Å²) in [4.78, 5) is 14.8. The average molecular weight is 291 g/mol. The Hall–Kier alpha value is -2.08. The second-order valence-electron chi connectivity index (χ2n) is 4.77. The minimum atomic E-state index is -0.104. The smallest absolute Gasteiger partial charge is 0.264 e. The summed E-state index contributed by atoms with van der Waals surface area (Å²) in [5, 5.41) is 12.6. The predicted molar refractivity (Wildman–Crippen MR) is 81.4 cm³/mol. The van der Waals surface area contributed by atoms with E-state index in [-0.39, 0.29) is 24.3 Å². The number of hydrogen-bond acceptors (Lipinski definition) is 4. The Morgan fingerprint density at radius 2 is 2.15 bits per heavy atom. The van der Waals surface area contributed by atoms with E-state index in [1.807, 2.05) is 44.2 Å². The van der Waals surface area contributed by atoms with Gasteiger partial charge >= 0.3 is 0 Å². The Morgan fingerprint density at radius 1 is 1.45 bits per heavy atom. The van der Waals surface area contributed by atoms with Gasteiger partial charge in [-0.15, -0.1) is 11.3 Å². The van der Waals surface area contributed by atoms with Crippen LogP contribution in [0.4, 0.5) is 0 Å². The highest BCUT2D eigenvalue weighted by atomic mass is 32.1. The van der Waals surface area contributed by atoms with Crippen LogP contribution in [0.2, 0.25) is 0 Å². The van der Waals surface area contributed by atoms with E-state index in [0.29, 0.717) is 4.88 Å². The first-order valence-corrected chi connectivity index (χ1v) is 7.10. The largest absolute Gasteiger partial charge is 0.409 e. The molecule has 2 aromatic rings. The van der Waals surface area contributed by atoms with Crippen LogP contribution in [0.25, 0.3) is 10.1 Å². The van der Waals surface area contributed by atoms with Gasteiger partial charge in [0.05, 0.1) is 11.4 Å². The van der Waals surface area contributed by atoms with E-state index in [0.717, 1.165) is 10.1 Å². The highest BCUT2D eigenvalue weighted by Gasteiger charge is 2.21. The van der Waals surface area contributed by atoms with Gasteiger partial charge in [0.25, 0.3) is 5.91 Å². The lowest BCUT2D eigenvalue weighted by atomic mass is 10.2. The first kappa shape index (κ1) is 14.3. The van der Waals surface area contributed by atoms with Crippen molar-refractivity contribution in [2.24, 2.45) is 10.9 Å². The zero-order chi connectivity index (χ0) is 14.7. The third-order valence-electron chi connectivity index (χ3n) is 2.98. The minimum absolute atomic E-state index is 0.0214. The van der Waals surface area contributed by atoms with E-state index in [1.165, 1.54) is 11.3 Å². The molecule has 0 aliphatic rings. The van der Waals surface area contributed by atoms with Crippen molar-refractivity contribution in [3.63, 3.8) is 0 Å². The molecule has 0 atom stereocenters. The van der Waals surface area contributed by atoms with Crippen molar-refractivity contribution in [3.05, 3.63) is 35.2 Å². The number of carbonyl (C=O) groups excluding carboxylic acids is 1. The number of rotatable bonds is 4. The number of nitrogens with two attached hydrogens (primary N) is 1. The second-order valence-corrected chi connectivity index (χ2v) is 5.85. The molecule has 6 heteroatoms. The Bertz CT molecular complexity index is 616. The molecule has 1 aromatic carbocycles. The van der Waals surface area contributed by atoms with Gasteiger partial charge in [-0.1, -0.05) is 23.4 Å². The highest BCUT2D eigenvalue weighted by molar-refractivity contribution is 7.20. The lowest BCUT2D eigenvalue weighted by Crippen LogP contribution is -2.42. The molecule has 1 aromatic heterocycles. The van der Waals surface area contributed by atoms with Gasteiger partial charge in [0, 0.05) is 10.7 Å². The SMILES string of the molecule is CC(C)N(CC(N)=NO)C(=O)c1cc2ccccc2s1. The zero-order valence-electron chi connectivity index (χ0n) is 11.4. The average Bonchev–Trinajstić information content (AvgIpc) is 2.87. The molecule has 0 spiro atoms. The monoisotopic (exact) mass is 291 g/mol. The van der Waals surface area contributed by atoms with E-state index in [9.17, 15) is 4.79 Å². The minimum Gasteiger partial charge on any atom is -0.409 e. The second kappa shape index (κ2) is 5.92. The van der Waals surface area contributed by atoms with E-state index in [4.69, 9.17) is 10.9 Å². The maximum absolute atomic E-state index is 12.6. The number of benzene rings is 1. The van der Waals surface area contributed by atoms with Gasteiger partial charge in [0.1, 0.15) is 0 Å². The molecule has 0 bridgehead atoms. The molecule has 0 aliphatic heterocycles. The lowest BCUT2D eigenvalue weighted by molar-refractivity contribution is 0.0739. The molecule has 0 saturated carbocycles. The molecule has 0 saturated heterocycles. The summed E-state index contributed by atoms with van der Waals surface area (Å²) in [6.07, 6.45) is 0. The molecule has 5 nitrogen and oxygen atoms in total. The van der Waals surface area contributed by atoms with Gasteiger partial charge in [-0.05, 0) is 31.4 Å². The Kier molecular flexibility index (Phi) is 4.24. The standard InChI is InChI=1S/C14H17N3O2S/c1-9(2)17(8-13(15)16-19)14(18)12-7-10-5-3-4-6-11(10)20-12/h3-7,9,19H,8H2,1-2H3,(H2,15,16). The van der Waals surface area contributed by atoms with Crippen molar-refractivity contribution >= 4 is 33.2 Å². The molecular weight excluding hydrogens is 274 g/mol. The van der Waals surface area contributed by atoms with E-state index in [1.54, 1.807) is 4.90 Å². The highest BCUT2D eigenvalue weighted by Crippen LogP contribution is 2.26. The first-order valence-electron chi connectivity index (χ1n) is 6.29. The van der Waals surface area contributed by atoms with E-state index in [2.05, 4.69) is 5.16 Å². The summed E-state index contributed by atoms with van der Waals surface area (Å²) in [6, 6.07) is 9.70. The van der Waals surface area contributed by atoms with Gasteiger partial charge in [-0.3, -0.25) is 4.79 Å². The molecule has 1 heterocycles. The summed E-state index contributed by atoms with van der Waals surface area (Å²) >= 11 is 1.45. The lowest BCUT2D eigenvalue weighted by Gasteiger charge is -2.25. The third kappa shape index (κ3) is 2.91. The van der Waals surface area contributed by atoms with Crippen LogP contribution in [-0.4, -0.2) is 34.4 Å². The van der Waals surface area contributed by atoms with Crippen molar-refractivity contribution in [2.45, 2.75) is 19.9 Å². The molecular formula is C14H17N3O2S. The molecule has 106 valence electrons. The molecule has 3 N–H and O–H groups in total. The molecule has 0 unspecified atom stereocenters. The molecule has 1 amide bonds. The number of fused-ring (bicyclic) bond motifs is 1. The summed E-state index contributed by atoms with van der Waals surface area (Å²) in [7, 11) is 0. The third-order valence-corrected chi connectivity index (χ3v) is 4.09. The number of oxime groups is 1. The van der Waals surface area contributed by atoms with Crippen LogP contribution in [0, 0.1) is 0 Å². The van der Waals surface area contributed by atoms with Crippen LogP contribution >= 0.6 is 11.3 Å². The fourth-order valence-electron chi connectivity index (χ4n) is 1.92. The van der Waals surface area contributed by atoms with Gasteiger partial charge < -0.3 is 15.8 Å². The normalized spacial score (nSPS) is 12.1. The predicted octanol–water partition coefficient (Wildman–Crippen LogP) is 2.50. The van der Waals surface area contributed by atoms with Crippen LogP contribution in [0.5, 0.6) is 0 Å². The molecule has 2 rings (SSSR count). The topological polar surface area (TPSA) is 78.9 Å². The van der Waals surface area contributed by atoms with E-state index >= 15 is 0 Å². The van der Waals surface area contributed by atoms with Gasteiger partial charge in [0.15, 0.2) is 5.84 Å². The number of amidine groups is 1. The number of hydrogen-bond donors (Lipinski definition) is 2. The molecule has 0 radical (unpaired) electrons. The summed E-state index contributed by atoms with van der Waals surface area (Å²) < 4.78 is 1.07. The first-order chi connectivity index (χ1) is 9.52.